The van der Waals surface area contributed by atoms with E-state index >= 15 is 0 Å². The normalized spacial score (nSPS) is 20.8. The summed E-state index contributed by atoms with van der Waals surface area (Å²) in [4.78, 5) is 40.7. The Hall–Kier alpha value is -2.61. The van der Waals surface area contributed by atoms with Crippen LogP contribution >= 0.6 is 0 Å². The quantitative estimate of drug-likeness (QED) is 0.827. The van der Waals surface area contributed by atoms with Gasteiger partial charge in [-0.2, -0.15) is 0 Å². The van der Waals surface area contributed by atoms with Crippen molar-refractivity contribution in [3.63, 3.8) is 0 Å². The molecule has 1 aromatic heterocycles. The molecule has 2 aromatic rings. The van der Waals surface area contributed by atoms with Crippen molar-refractivity contribution < 1.29 is 19.4 Å². The fourth-order valence-corrected chi connectivity index (χ4v) is 3.47. The standard InChI is InChI=1S/C17H21N3O5/c1-25-11-17(15(22)23)7-4-8-19(10-17)14(21)9-20-13-6-3-2-5-12(13)18-16(20)24/h2-3,5-6H,4,7-11H2,1H3,(H,18,24)(H,22,23). The molecule has 2 heterocycles. The molecule has 0 saturated carbocycles. The number of benzene rings is 1. The summed E-state index contributed by atoms with van der Waals surface area (Å²) in [5, 5.41) is 9.58. The van der Waals surface area contributed by atoms with E-state index in [1.54, 1.807) is 24.3 Å². The average molecular weight is 347 g/mol. The zero-order valence-electron chi connectivity index (χ0n) is 14.0. The van der Waals surface area contributed by atoms with Crippen molar-refractivity contribution in [1.82, 2.24) is 14.5 Å². The van der Waals surface area contributed by atoms with Crippen molar-refractivity contribution >= 4 is 22.9 Å². The molecule has 1 fully saturated rings. The topological polar surface area (TPSA) is 105 Å². The minimum absolute atomic E-state index is 0.0547. The number of likely N-dealkylation sites (tertiary alicyclic amines) is 1. The minimum Gasteiger partial charge on any atom is -0.481 e. The van der Waals surface area contributed by atoms with Crippen LogP contribution < -0.4 is 5.69 Å². The van der Waals surface area contributed by atoms with Gasteiger partial charge in [-0.05, 0) is 25.0 Å². The first kappa shape index (κ1) is 17.2. The molecule has 1 unspecified atom stereocenters. The van der Waals surface area contributed by atoms with Gasteiger partial charge in [-0.3, -0.25) is 14.2 Å². The Labute approximate surface area is 144 Å². The smallest absolute Gasteiger partial charge is 0.326 e. The monoisotopic (exact) mass is 347 g/mol. The summed E-state index contributed by atoms with van der Waals surface area (Å²) in [6, 6.07) is 7.14. The average Bonchev–Trinajstić information content (AvgIpc) is 2.91. The van der Waals surface area contributed by atoms with Gasteiger partial charge >= 0.3 is 11.7 Å². The third kappa shape index (κ3) is 3.17. The number of para-hydroxylation sites is 2. The molecule has 1 aliphatic heterocycles. The Balaban J connectivity index is 1.82. The van der Waals surface area contributed by atoms with Crippen LogP contribution in [0.1, 0.15) is 12.8 Å². The maximum absolute atomic E-state index is 12.7. The largest absolute Gasteiger partial charge is 0.481 e. The number of carboxylic acid groups (broad SMARTS) is 1. The third-order valence-corrected chi connectivity index (χ3v) is 4.78. The molecule has 1 amide bonds. The van der Waals surface area contributed by atoms with E-state index in [0.717, 1.165) is 0 Å². The van der Waals surface area contributed by atoms with E-state index in [9.17, 15) is 19.5 Å². The molecule has 0 spiro atoms. The summed E-state index contributed by atoms with van der Waals surface area (Å²) in [6.45, 7) is 0.505. The van der Waals surface area contributed by atoms with Gasteiger partial charge in [-0.25, -0.2) is 4.79 Å². The number of carboxylic acids is 1. The van der Waals surface area contributed by atoms with Gasteiger partial charge in [0.25, 0.3) is 0 Å². The highest BCUT2D eigenvalue weighted by molar-refractivity contribution is 5.82. The predicted molar refractivity (Wildman–Crippen MR) is 90.3 cm³/mol. The van der Waals surface area contributed by atoms with E-state index in [1.807, 2.05) is 0 Å². The molecule has 8 nitrogen and oxygen atoms in total. The highest BCUT2D eigenvalue weighted by atomic mass is 16.5. The number of imidazole rings is 1. The van der Waals surface area contributed by atoms with Gasteiger partial charge < -0.3 is 19.7 Å². The summed E-state index contributed by atoms with van der Waals surface area (Å²) in [6.07, 6.45) is 1.05. The molecular weight excluding hydrogens is 326 g/mol. The Kier molecular flexibility index (Phi) is 4.63. The molecule has 3 rings (SSSR count). The minimum atomic E-state index is -1.09. The Bertz CT molecular complexity index is 851. The van der Waals surface area contributed by atoms with Crippen molar-refractivity contribution in [2.24, 2.45) is 5.41 Å². The molecule has 1 aliphatic rings. The molecular formula is C17H21N3O5. The maximum Gasteiger partial charge on any atom is 0.326 e. The second-order valence-electron chi connectivity index (χ2n) is 6.47. The number of fused-ring (bicyclic) bond motifs is 1. The number of aromatic amines is 1. The van der Waals surface area contributed by atoms with Gasteiger partial charge in [-0.1, -0.05) is 12.1 Å². The van der Waals surface area contributed by atoms with Crippen LogP contribution in [0.4, 0.5) is 0 Å². The van der Waals surface area contributed by atoms with Crippen LogP contribution in [-0.4, -0.2) is 58.2 Å². The van der Waals surface area contributed by atoms with Crippen LogP contribution in [0.15, 0.2) is 29.1 Å². The van der Waals surface area contributed by atoms with Gasteiger partial charge in [0.1, 0.15) is 12.0 Å². The van der Waals surface area contributed by atoms with Gasteiger partial charge in [-0.15, -0.1) is 0 Å². The van der Waals surface area contributed by atoms with Crippen LogP contribution in [0.2, 0.25) is 0 Å². The van der Waals surface area contributed by atoms with Crippen LogP contribution in [0.25, 0.3) is 11.0 Å². The van der Waals surface area contributed by atoms with Crippen LogP contribution in [0.3, 0.4) is 0 Å². The summed E-state index contributed by atoms with van der Waals surface area (Å²) in [5.74, 6) is -1.23. The molecule has 1 atom stereocenters. The Morgan fingerprint density at radius 1 is 1.36 bits per heavy atom. The highest BCUT2D eigenvalue weighted by Gasteiger charge is 2.43. The molecule has 1 saturated heterocycles. The zero-order chi connectivity index (χ0) is 18.0. The molecule has 2 N–H and O–H groups in total. The Morgan fingerprint density at radius 3 is 2.84 bits per heavy atom. The van der Waals surface area contributed by atoms with E-state index in [4.69, 9.17) is 4.74 Å². The number of ether oxygens (including phenoxy) is 1. The number of aliphatic carboxylic acids is 1. The molecule has 8 heteroatoms. The number of carbonyl (C=O) groups excluding carboxylic acids is 1. The number of piperidine rings is 1. The first-order chi connectivity index (χ1) is 12.0. The number of amides is 1. The van der Waals surface area contributed by atoms with Crippen LogP contribution in [0, 0.1) is 5.41 Å². The number of carbonyl (C=O) groups is 2. The lowest BCUT2D eigenvalue weighted by Crippen LogP contribution is -2.53. The van der Waals surface area contributed by atoms with Crippen LogP contribution in [-0.2, 0) is 20.9 Å². The Morgan fingerprint density at radius 2 is 2.12 bits per heavy atom. The predicted octanol–water partition coefficient (Wildman–Crippen LogP) is 0.669. The van der Waals surface area contributed by atoms with E-state index in [2.05, 4.69) is 4.98 Å². The number of rotatable bonds is 5. The van der Waals surface area contributed by atoms with Crippen molar-refractivity contribution in [3.8, 4) is 0 Å². The summed E-state index contributed by atoms with van der Waals surface area (Å²) < 4.78 is 6.46. The van der Waals surface area contributed by atoms with Gasteiger partial charge in [0.2, 0.25) is 5.91 Å². The number of hydrogen-bond donors (Lipinski definition) is 2. The number of nitrogens with zero attached hydrogens (tertiary/aromatic N) is 2. The van der Waals surface area contributed by atoms with E-state index in [-0.39, 0.29) is 31.3 Å². The fraction of sp³-hybridized carbons (Fsp3) is 0.471. The number of hydrogen-bond acceptors (Lipinski definition) is 4. The molecule has 1 aromatic carbocycles. The van der Waals surface area contributed by atoms with Crippen molar-refractivity contribution in [1.29, 1.82) is 0 Å². The summed E-state index contributed by atoms with van der Waals surface area (Å²) in [5.41, 5.74) is -0.126. The summed E-state index contributed by atoms with van der Waals surface area (Å²) >= 11 is 0. The lowest BCUT2D eigenvalue weighted by Gasteiger charge is -2.39. The number of H-pyrrole nitrogens is 1. The maximum atomic E-state index is 12.7. The zero-order valence-corrected chi connectivity index (χ0v) is 14.0. The van der Waals surface area contributed by atoms with Crippen molar-refractivity contribution in [2.45, 2.75) is 19.4 Å². The molecule has 25 heavy (non-hydrogen) atoms. The molecule has 0 bridgehead atoms. The molecule has 134 valence electrons. The highest BCUT2D eigenvalue weighted by Crippen LogP contribution is 2.31. The third-order valence-electron chi connectivity index (χ3n) is 4.78. The van der Waals surface area contributed by atoms with E-state index in [0.29, 0.717) is 30.4 Å². The van der Waals surface area contributed by atoms with Crippen molar-refractivity contribution in [2.75, 3.05) is 26.8 Å². The molecule has 0 aliphatic carbocycles. The lowest BCUT2D eigenvalue weighted by molar-refractivity contribution is -0.159. The molecule has 0 radical (unpaired) electrons. The second kappa shape index (κ2) is 6.72. The van der Waals surface area contributed by atoms with Gasteiger partial charge in [0.15, 0.2) is 0 Å². The first-order valence-corrected chi connectivity index (χ1v) is 8.14. The lowest BCUT2D eigenvalue weighted by atomic mass is 9.80. The van der Waals surface area contributed by atoms with Crippen molar-refractivity contribution in [3.05, 3.63) is 34.7 Å². The number of nitrogens with one attached hydrogen (secondary N) is 1. The first-order valence-electron chi connectivity index (χ1n) is 8.14. The second-order valence-corrected chi connectivity index (χ2v) is 6.47. The number of aromatic nitrogens is 2. The SMILES string of the molecule is COCC1(C(=O)O)CCCN(C(=O)Cn2c(=O)[nH]c3ccccc32)C1. The van der Waals surface area contributed by atoms with Crippen LogP contribution in [0.5, 0.6) is 0 Å². The van der Waals surface area contributed by atoms with E-state index < -0.39 is 11.4 Å². The number of methoxy groups -OCH3 is 1. The van der Waals surface area contributed by atoms with Gasteiger partial charge in [0.05, 0.1) is 17.6 Å². The summed E-state index contributed by atoms with van der Waals surface area (Å²) in [7, 11) is 1.46. The van der Waals surface area contributed by atoms with Gasteiger partial charge in [0, 0.05) is 20.2 Å². The fourth-order valence-electron chi connectivity index (χ4n) is 3.47. The van der Waals surface area contributed by atoms with E-state index in [1.165, 1.54) is 16.6 Å².